The van der Waals surface area contributed by atoms with Gasteiger partial charge in [0.1, 0.15) is 0 Å². The minimum atomic E-state index is 0. The highest BCUT2D eigenvalue weighted by molar-refractivity contribution is 14.0. The van der Waals surface area contributed by atoms with Crippen molar-refractivity contribution in [3.8, 4) is 0 Å². The lowest BCUT2D eigenvalue weighted by molar-refractivity contribution is 0.0170. The van der Waals surface area contributed by atoms with Crippen LogP contribution in [0.2, 0.25) is 0 Å². The Bertz CT molecular complexity index is 359. The smallest absolute Gasteiger partial charge is 0.188 e. The average molecular weight is 468 g/mol. The Balaban J connectivity index is 0.00000312. The standard InChI is InChI=1S/C18H36N4O2.HI/c1-2-24-17(16-6-3-4-7-16)8-10-21-18(19)20-9-5-11-22-12-14-23-15-13-22;/h16-17H,2-15H2,1H3,(H3,19,20,21);1H. The van der Waals surface area contributed by atoms with Gasteiger partial charge in [0.2, 0.25) is 0 Å². The van der Waals surface area contributed by atoms with E-state index in [1.165, 1.54) is 25.7 Å². The number of halogens is 1. The van der Waals surface area contributed by atoms with Crippen molar-refractivity contribution < 1.29 is 9.47 Å². The summed E-state index contributed by atoms with van der Waals surface area (Å²) >= 11 is 0. The monoisotopic (exact) mass is 468 g/mol. The topological polar surface area (TPSA) is 72.1 Å². The Morgan fingerprint density at radius 1 is 1.32 bits per heavy atom. The van der Waals surface area contributed by atoms with Crippen LogP contribution in [0.4, 0.5) is 0 Å². The molecule has 3 N–H and O–H groups in total. The summed E-state index contributed by atoms with van der Waals surface area (Å²) in [7, 11) is 0. The van der Waals surface area contributed by atoms with E-state index in [0.717, 1.165) is 71.3 Å². The third kappa shape index (κ3) is 9.40. The number of aliphatic imine (C=N–C) groups is 1. The van der Waals surface area contributed by atoms with Crippen LogP contribution in [0.25, 0.3) is 0 Å². The quantitative estimate of drug-likeness (QED) is 0.223. The molecule has 2 rings (SSSR count). The first-order chi connectivity index (χ1) is 11.8. The molecule has 0 aromatic rings. The number of hydrogen-bond acceptors (Lipinski definition) is 4. The van der Waals surface area contributed by atoms with Crippen LogP contribution in [-0.2, 0) is 9.47 Å². The van der Waals surface area contributed by atoms with Gasteiger partial charge in [-0.25, -0.2) is 0 Å². The first-order valence-electron chi connectivity index (χ1n) is 9.75. The van der Waals surface area contributed by atoms with Gasteiger partial charge < -0.3 is 20.5 Å². The summed E-state index contributed by atoms with van der Waals surface area (Å²) in [4.78, 5) is 6.86. The minimum Gasteiger partial charge on any atom is -0.379 e. The second-order valence-corrected chi connectivity index (χ2v) is 6.83. The zero-order chi connectivity index (χ0) is 17.0. The number of ether oxygens (including phenoxy) is 2. The van der Waals surface area contributed by atoms with E-state index < -0.39 is 0 Å². The summed E-state index contributed by atoms with van der Waals surface area (Å²) in [5, 5.41) is 3.25. The number of guanidine groups is 1. The highest BCUT2D eigenvalue weighted by Gasteiger charge is 2.24. The Morgan fingerprint density at radius 2 is 2.04 bits per heavy atom. The molecule has 0 spiro atoms. The van der Waals surface area contributed by atoms with Gasteiger partial charge in [-0.05, 0) is 38.5 Å². The molecule has 1 heterocycles. The fourth-order valence-corrected chi connectivity index (χ4v) is 3.72. The third-order valence-corrected chi connectivity index (χ3v) is 5.06. The molecule has 148 valence electrons. The fraction of sp³-hybridized carbons (Fsp3) is 0.944. The number of rotatable bonds is 10. The molecule has 1 saturated heterocycles. The molecule has 1 saturated carbocycles. The molecule has 6 nitrogen and oxygen atoms in total. The molecule has 25 heavy (non-hydrogen) atoms. The molecule has 1 aliphatic carbocycles. The van der Waals surface area contributed by atoms with Gasteiger partial charge in [-0.2, -0.15) is 0 Å². The molecular weight excluding hydrogens is 431 g/mol. The Labute approximate surface area is 170 Å². The summed E-state index contributed by atoms with van der Waals surface area (Å²) in [6.45, 7) is 9.38. The van der Waals surface area contributed by atoms with E-state index in [4.69, 9.17) is 15.2 Å². The van der Waals surface area contributed by atoms with E-state index in [0.29, 0.717) is 12.1 Å². The van der Waals surface area contributed by atoms with Crippen molar-refractivity contribution >= 4 is 29.9 Å². The van der Waals surface area contributed by atoms with Crippen LogP contribution < -0.4 is 11.1 Å². The Hall–Kier alpha value is -0.120. The molecular formula is C18H37IN4O2. The lowest BCUT2D eigenvalue weighted by Crippen LogP contribution is -2.37. The predicted octanol–water partition coefficient (Wildman–Crippen LogP) is 2.22. The van der Waals surface area contributed by atoms with E-state index >= 15 is 0 Å². The first-order valence-corrected chi connectivity index (χ1v) is 9.75. The molecule has 1 unspecified atom stereocenters. The van der Waals surface area contributed by atoms with Gasteiger partial charge in [0, 0.05) is 39.3 Å². The van der Waals surface area contributed by atoms with Gasteiger partial charge >= 0.3 is 0 Å². The third-order valence-electron chi connectivity index (χ3n) is 5.06. The van der Waals surface area contributed by atoms with Gasteiger partial charge in [0.15, 0.2) is 5.96 Å². The molecule has 2 aliphatic rings. The van der Waals surface area contributed by atoms with Crippen LogP contribution in [-0.4, -0.2) is 69.5 Å². The summed E-state index contributed by atoms with van der Waals surface area (Å²) in [5.41, 5.74) is 5.97. The predicted molar refractivity (Wildman–Crippen MR) is 114 cm³/mol. The van der Waals surface area contributed by atoms with Crippen LogP contribution in [0.5, 0.6) is 0 Å². The highest BCUT2D eigenvalue weighted by Crippen LogP contribution is 2.30. The number of nitrogens with one attached hydrogen (secondary N) is 1. The van der Waals surface area contributed by atoms with E-state index in [2.05, 4.69) is 22.1 Å². The second-order valence-electron chi connectivity index (χ2n) is 6.83. The van der Waals surface area contributed by atoms with Gasteiger partial charge in [-0.3, -0.25) is 9.89 Å². The van der Waals surface area contributed by atoms with Crippen LogP contribution in [0, 0.1) is 5.92 Å². The zero-order valence-electron chi connectivity index (χ0n) is 15.8. The SMILES string of the molecule is CCOC(CCNC(N)=NCCCN1CCOCC1)C1CCCC1.I. The van der Waals surface area contributed by atoms with Crippen molar-refractivity contribution in [3.63, 3.8) is 0 Å². The molecule has 0 aromatic carbocycles. The van der Waals surface area contributed by atoms with Gasteiger partial charge in [-0.1, -0.05) is 12.8 Å². The Kier molecular flexibility index (Phi) is 12.8. The highest BCUT2D eigenvalue weighted by atomic mass is 127. The number of hydrogen-bond donors (Lipinski definition) is 2. The van der Waals surface area contributed by atoms with Crippen molar-refractivity contribution in [2.45, 2.75) is 51.6 Å². The van der Waals surface area contributed by atoms with E-state index in [9.17, 15) is 0 Å². The molecule has 7 heteroatoms. The summed E-state index contributed by atoms with van der Waals surface area (Å²) in [6.07, 6.45) is 7.78. The van der Waals surface area contributed by atoms with Crippen molar-refractivity contribution in [2.75, 3.05) is 52.5 Å². The summed E-state index contributed by atoms with van der Waals surface area (Å²) in [5.74, 6) is 1.30. The number of nitrogens with zero attached hydrogens (tertiary/aromatic N) is 2. The Morgan fingerprint density at radius 3 is 2.72 bits per heavy atom. The van der Waals surface area contributed by atoms with Gasteiger partial charge in [0.25, 0.3) is 0 Å². The lowest BCUT2D eigenvalue weighted by Gasteiger charge is -2.26. The average Bonchev–Trinajstić information content (AvgIpc) is 3.13. The van der Waals surface area contributed by atoms with Crippen LogP contribution in [0.3, 0.4) is 0 Å². The largest absolute Gasteiger partial charge is 0.379 e. The van der Waals surface area contributed by atoms with Crippen molar-refractivity contribution in [2.24, 2.45) is 16.6 Å². The summed E-state index contributed by atoms with van der Waals surface area (Å²) < 4.78 is 11.3. The van der Waals surface area contributed by atoms with Gasteiger partial charge in [0.05, 0.1) is 19.3 Å². The molecule has 0 bridgehead atoms. The normalized spacial score (nSPS) is 21.1. The molecule has 1 aliphatic heterocycles. The molecule has 2 fully saturated rings. The second kappa shape index (κ2) is 14.0. The van der Waals surface area contributed by atoms with Crippen LogP contribution in [0.15, 0.2) is 4.99 Å². The van der Waals surface area contributed by atoms with E-state index in [-0.39, 0.29) is 24.0 Å². The molecule has 0 radical (unpaired) electrons. The maximum absolute atomic E-state index is 5.97. The zero-order valence-corrected chi connectivity index (χ0v) is 18.1. The molecule has 1 atom stereocenters. The van der Waals surface area contributed by atoms with E-state index in [1.54, 1.807) is 0 Å². The first kappa shape index (κ1) is 22.9. The van der Waals surface area contributed by atoms with Crippen molar-refractivity contribution in [3.05, 3.63) is 0 Å². The number of morpholine rings is 1. The lowest BCUT2D eigenvalue weighted by atomic mass is 9.98. The summed E-state index contributed by atoms with van der Waals surface area (Å²) in [6, 6.07) is 0. The van der Waals surface area contributed by atoms with Crippen molar-refractivity contribution in [1.29, 1.82) is 0 Å². The van der Waals surface area contributed by atoms with Crippen LogP contribution in [0.1, 0.15) is 45.4 Å². The fourth-order valence-electron chi connectivity index (χ4n) is 3.72. The molecule has 0 aromatic heterocycles. The molecule has 0 amide bonds. The maximum Gasteiger partial charge on any atom is 0.188 e. The number of nitrogens with two attached hydrogens (primary N) is 1. The van der Waals surface area contributed by atoms with Gasteiger partial charge in [-0.15, -0.1) is 24.0 Å². The van der Waals surface area contributed by atoms with E-state index in [1.807, 2.05) is 0 Å². The minimum absolute atomic E-state index is 0. The maximum atomic E-state index is 5.97. The van der Waals surface area contributed by atoms with Crippen LogP contribution >= 0.6 is 24.0 Å². The van der Waals surface area contributed by atoms with Crippen molar-refractivity contribution in [1.82, 2.24) is 10.2 Å².